The van der Waals surface area contributed by atoms with Crippen LogP contribution in [-0.2, 0) is 9.47 Å². The average Bonchev–Trinajstić information content (AvgIpc) is 3.14. The van der Waals surface area contributed by atoms with Crippen LogP contribution in [0.3, 0.4) is 0 Å². The first-order valence-corrected chi connectivity index (χ1v) is 9.77. The molecule has 0 amide bonds. The molecule has 1 aliphatic heterocycles. The number of hydrogen-bond donors (Lipinski definition) is 0. The lowest BCUT2D eigenvalue weighted by Crippen LogP contribution is -2.52. The maximum Gasteiger partial charge on any atom is 0.174 e. The van der Waals surface area contributed by atoms with Crippen LogP contribution in [0.1, 0.15) is 65.2 Å². The van der Waals surface area contributed by atoms with Crippen molar-refractivity contribution in [1.29, 1.82) is 0 Å². The van der Waals surface area contributed by atoms with Crippen molar-refractivity contribution < 1.29 is 9.47 Å². The lowest BCUT2D eigenvalue weighted by atomic mass is 9.54. The molecule has 1 heterocycles. The van der Waals surface area contributed by atoms with Gasteiger partial charge in [-0.15, -0.1) is 0 Å². The summed E-state index contributed by atoms with van der Waals surface area (Å²) in [7, 11) is 0. The molecule has 126 valence electrons. The van der Waals surface area contributed by atoms with Crippen molar-refractivity contribution in [3.8, 4) is 0 Å². The second kappa shape index (κ2) is 4.95. The van der Waals surface area contributed by atoms with Gasteiger partial charge in [-0.25, -0.2) is 0 Å². The molecule has 4 atom stereocenters. The molecule has 2 heteroatoms. The Balaban J connectivity index is 1.46. The molecule has 0 aromatic heterocycles. The van der Waals surface area contributed by atoms with E-state index in [2.05, 4.69) is 19.9 Å². The molecule has 0 N–H and O–H groups in total. The van der Waals surface area contributed by atoms with E-state index in [1.54, 1.807) is 11.1 Å². The van der Waals surface area contributed by atoms with Crippen LogP contribution >= 0.6 is 0 Å². The van der Waals surface area contributed by atoms with E-state index in [9.17, 15) is 0 Å². The molecule has 1 spiro atoms. The van der Waals surface area contributed by atoms with Gasteiger partial charge in [0.1, 0.15) is 0 Å². The van der Waals surface area contributed by atoms with E-state index >= 15 is 0 Å². The SMILES string of the molecule is CC1=CCC2=C(CC[C@@H]3[C@@H]2CC[C@@]2(C)[C@H]3CCC23OCCO3)C1. The number of hydrogen-bond acceptors (Lipinski definition) is 2. The summed E-state index contributed by atoms with van der Waals surface area (Å²) in [4.78, 5) is 0. The second-order valence-electron chi connectivity index (χ2n) is 8.92. The molecule has 23 heavy (non-hydrogen) atoms. The molecule has 2 saturated carbocycles. The number of ether oxygens (including phenoxy) is 2. The lowest BCUT2D eigenvalue weighted by molar-refractivity contribution is -0.238. The Kier molecular flexibility index (Phi) is 3.17. The summed E-state index contributed by atoms with van der Waals surface area (Å²) in [6.07, 6.45) is 12.8. The molecular weight excluding hydrogens is 284 g/mol. The fourth-order valence-corrected chi connectivity index (χ4v) is 6.96. The van der Waals surface area contributed by atoms with E-state index in [0.717, 1.165) is 37.4 Å². The zero-order valence-electron chi connectivity index (χ0n) is 14.7. The summed E-state index contributed by atoms with van der Waals surface area (Å²) < 4.78 is 12.5. The third-order valence-corrected chi connectivity index (χ3v) is 8.08. The van der Waals surface area contributed by atoms with Crippen molar-refractivity contribution in [2.24, 2.45) is 23.2 Å². The molecule has 1 saturated heterocycles. The second-order valence-corrected chi connectivity index (χ2v) is 8.92. The molecule has 5 rings (SSSR count). The maximum absolute atomic E-state index is 6.23. The predicted octanol–water partition coefficient (Wildman–Crippen LogP) is 5.00. The molecule has 4 aliphatic carbocycles. The van der Waals surface area contributed by atoms with Crippen molar-refractivity contribution in [3.63, 3.8) is 0 Å². The minimum absolute atomic E-state index is 0.236. The van der Waals surface area contributed by atoms with Crippen LogP contribution in [0.25, 0.3) is 0 Å². The lowest BCUT2D eigenvalue weighted by Gasteiger charge is -2.53. The van der Waals surface area contributed by atoms with Crippen LogP contribution in [0.5, 0.6) is 0 Å². The maximum atomic E-state index is 6.23. The van der Waals surface area contributed by atoms with Crippen molar-refractivity contribution in [3.05, 3.63) is 22.8 Å². The molecule has 5 aliphatic rings. The van der Waals surface area contributed by atoms with E-state index in [0.29, 0.717) is 0 Å². The normalized spacial score (nSPS) is 44.8. The Morgan fingerprint density at radius 1 is 1.09 bits per heavy atom. The molecular formula is C21H30O2. The van der Waals surface area contributed by atoms with Gasteiger partial charge >= 0.3 is 0 Å². The van der Waals surface area contributed by atoms with Crippen LogP contribution in [0.15, 0.2) is 22.8 Å². The first-order chi connectivity index (χ1) is 11.1. The predicted molar refractivity (Wildman–Crippen MR) is 90.9 cm³/mol. The van der Waals surface area contributed by atoms with Gasteiger partial charge < -0.3 is 9.47 Å². The van der Waals surface area contributed by atoms with Gasteiger partial charge in [0, 0.05) is 11.8 Å². The smallest absolute Gasteiger partial charge is 0.174 e. The van der Waals surface area contributed by atoms with Gasteiger partial charge in [0.25, 0.3) is 0 Å². The fourth-order valence-electron chi connectivity index (χ4n) is 6.96. The topological polar surface area (TPSA) is 18.5 Å². The van der Waals surface area contributed by atoms with Crippen LogP contribution in [0, 0.1) is 23.2 Å². The van der Waals surface area contributed by atoms with Crippen molar-refractivity contribution >= 4 is 0 Å². The van der Waals surface area contributed by atoms with Gasteiger partial charge in [0.15, 0.2) is 5.79 Å². The van der Waals surface area contributed by atoms with Gasteiger partial charge in [0.05, 0.1) is 13.2 Å². The number of fused-ring (bicyclic) bond motifs is 5. The minimum Gasteiger partial charge on any atom is -0.347 e. The number of rotatable bonds is 0. The van der Waals surface area contributed by atoms with E-state index in [1.807, 2.05) is 5.57 Å². The van der Waals surface area contributed by atoms with Gasteiger partial charge in [0.2, 0.25) is 0 Å². The van der Waals surface area contributed by atoms with E-state index in [1.165, 1.54) is 44.9 Å². The van der Waals surface area contributed by atoms with Crippen molar-refractivity contribution in [2.45, 2.75) is 71.0 Å². The summed E-state index contributed by atoms with van der Waals surface area (Å²) in [5.74, 6) is 2.31. The van der Waals surface area contributed by atoms with Crippen LogP contribution in [-0.4, -0.2) is 19.0 Å². The average molecular weight is 314 g/mol. The Hall–Kier alpha value is -0.600. The van der Waals surface area contributed by atoms with Crippen LogP contribution in [0.4, 0.5) is 0 Å². The van der Waals surface area contributed by atoms with E-state index in [4.69, 9.17) is 9.47 Å². The first-order valence-electron chi connectivity index (χ1n) is 9.77. The molecule has 0 unspecified atom stereocenters. The first kappa shape index (κ1) is 14.7. The highest BCUT2D eigenvalue weighted by Crippen LogP contribution is 2.66. The van der Waals surface area contributed by atoms with Gasteiger partial charge in [-0.05, 0) is 69.6 Å². The largest absolute Gasteiger partial charge is 0.347 e. The van der Waals surface area contributed by atoms with Crippen molar-refractivity contribution in [2.75, 3.05) is 13.2 Å². The summed E-state index contributed by atoms with van der Waals surface area (Å²) in [5, 5.41) is 0. The third-order valence-electron chi connectivity index (χ3n) is 8.08. The quantitative estimate of drug-likeness (QED) is 0.586. The van der Waals surface area contributed by atoms with Crippen LogP contribution < -0.4 is 0 Å². The van der Waals surface area contributed by atoms with E-state index in [-0.39, 0.29) is 11.2 Å². The molecule has 2 nitrogen and oxygen atoms in total. The fraction of sp³-hybridized carbons (Fsp3) is 0.810. The van der Waals surface area contributed by atoms with Crippen molar-refractivity contribution in [1.82, 2.24) is 0 Å². The standard InChI is InChI=1S/C21H30O2/c1-14-3-5-16-15(13-14)4-6-18-17(16)7-9-20(2)19(18)8-10-21(20)22-11-12-23-21/h3,17-19H,4-13H2,1-2H3/t17-,18-,19+,20+/m1/s1. The highest BCUT2D eigenvalue weighted by atomic mass is 16.7. The monoisotopic (exact) mass is 314 g/mol. The van der Waals surface area contributed by atoms with E-state index < -0.39 is 0 Å². The molecule has 3 fully saturated rings. The molecule has 0 aromatic carbocycles. The summed E-state index contributed by atoms with van der Waals surface area (Å²) in [6.45, 7) is 6.40. The molecule has 0 radical (unpaired) electrons. The Labute approximate surface area is 140 Å². The highest BCUT2D eigenvalue weighted by molar-refractivity contribution is 5.33. The minimum atomic E-state index is -0.236. The third kappa shape index (κ3) is 1.88. The summed E-state index contributed by atoms with van der Waals surface area (Å²) >= 11 is 0. The summed E-state index contributed by atoms with van der Waals surface area (Å²) in [6, 6.07) is 0. The van der Waals surface area contributed by atoms with Gasteiger partial charge in [-0.2, -0.15) is 0 Å². The molecule has 0 bridgehead atoms. The van der Waals surface area contributed by atoms with Gasteiger partial charge in [-0.3, -0.25) is 0 Å². The Morgan fingerprint density at radius 3 is 2.74 bits per heavy atom. The Morgan fingerprint density at radius 2 is 1.91 bits per heavy atom. The number of allylic oxidation sites excluding steroid dienone is 4. The van der Waals surface area contributed by atoms with Gasteiger partial charge in [-0.1, -0.05) is 29.7 Å². The van der Waals surface area contributed by atoms with Crippen LogP contribution in [0.2, 0.25) is 0 Å². The zero-order valence-corrected chi connectivity index (χ0v) is 14.7. The Bertz CT molecular complexity index is 581. The highest BCUT2D eigenvalue weighted by Gasteiger charge is 2.65. The molecule has 0 aromatic rings. The summed E-state index contributed by atoms with van der Waals surface area (Å²) in [5.41, 5.74) is 5.48. The zero-order chi connectivity index (χ0) is 15.7.